The highest BCUT2D eigenvalue weighted by molar-refractivity contribution is 5.69. The van der Waals surface area contributed by atoms with Gasteiger partial charge in [-0.15, -0.1) is 0 Å². The predicted molar refractivity (Wildman–Crippen MR) is 85.0 cm³/mol. The summed E-state index contributed by atoms with van der Waals surface area (Å²) in [6.45, 7) is 0. The topological polar surface area (TPSA) is 53.1 Å². The molecule has 0 N–H and O–H groups in total. The zero-order valence-electron chi connectivity index (χ0n) is 13.4. The first-order chi connectivity index (χ1) is 10.6. The fourth-order valence-corrected chi connectivity index (χ4v) is 2.10. The number of hydrogen-bond donors (Lipinski definition) is 0. The maximum absolute atomic E-state index is 5.37. The zero-order chi connectivity index (χ0) is 16.1. The Morgan fingerprint density at radius 3 is 1.86 bits per heavy atom. The number of hydrogen-bond acceptors (Lipinski definition) is 6. The molecule has 0 aliphatic heterocycles. The molecule has 0 radical (unpaired) electrons. The monoisotopic (exact) mass is 304 g/mol. The first-order valence-electron chi connectivity index (χ1n) is 6.68. The van der Waals surface area contributed by atoms with Crippen LogP contribution in [0.25, 0.3) is 0 Å². The van der Waals surface area contributed by atoms with E-state index in [1.807, 2.05) is 36.2 Å². The molecule has 2 rings (SSSR count). The number of pyridine rings is 1. The molecule has 0 fully saturated rings. The first-order valence-corrected chi connectivity index (χ1v) is 6.68. The van der Waals surface area contributed by atoms with E-state index in [1.165, 1.54) is 0 Å². The molecule has 6 heteroatoms. The summed E-state index contributed by atoms with van der Waals surface area (Å²) in [5.41, 5.74) is 1.80. The van der Waals surface area contributed by atoms with Crippen molar-refractivity contribution in [3.05, 3.63) is 30.5 Å². The van der Waals surface area contributed by atoms with Crippen LogP contribution in [0.15, 0.2) is 30.5 Å². The summed E-state index contributed by atoms with van der Waals surface area (Å²) in [7, 11) is 8.29. The van der Waals surface area contributed by atoms with Crippen LogP contribution in [0, 0.1) is 0 Å². The third-order valence-corrected chi connectivity index (χ3v) is 3.35. The number of aromatic nitrogens is 1. The van der Waals surface area contributed by atoms with E-state index < -0.39 is 0 Å². The summed E-state index contributed by atoms with van der Waals surface area (Å²) < 4.78 is 21.2. The van der Waals surface area contributed by atoms with Gasteiger partial charge in [-0.1, -0.05) is 0 Å². The van der Waals surface area contributed by atoms with Crippen molar-refractivity contribution in [1.29, 1.82) is 0 Å². The molecular weight excluding hydrogens is 284 g/mol. The molecule has 1 aromatic carbocycles. The number of ether oxygens (including phenoxy) is 4. The molecule has 0 spiro atoms. The third-order valence-electron chi connectivity index (χ3n) is 3.35. The van der Waals surface area contributed by atoms with Crippen molar-refractivity contribution in [2.24, 2.45) is 0 Å². The van der Waals surface area contributed by atoms with Gasteiger partial charge in [0.25, 0.3) is 0 Å². The molecule has 0 bridgehead atoms. The van der Waals surface area contributed by atoms with Gasteiger partial charge in [-0.3, -0.25) is 0 Å². The van der Waals surface area contributed by atoms with Crippen LogP contribution in [-0.4, -0.2) is 40.5 Å². The summed E-state index contributed by atoms with van der Waals surface area (Å²) >= 11 is 0. The molecule has 0 atom stereocenters. The molecule has 1 heterocycles. The lowest BCUT2D eigenvalue weighted by molar-refractivity contribution is 0.324. The van der Waals surface area contributed by atoms with Crippen molar-refractivity contribution in [2.45, 2.75) is 0 Å². The van der Waals surface area contributed by atoms with Crippen molar-refractivity contribution < 1.29 is 18.9 Å². The minimum atomic E-state index is 0.565. The highest BCUT2D eigenvalue weighted by Gasteiger charge is 2.16. The molecule has 0 aliphatic rings. The SMILES string of the molecule is COc1ccc(N(C)c2cc(OC)c(OC)c(OC)c2)cn1. The van der Waals surface area contributed by atoms with Crippen molar-refractivity contribution in [3.8, 4) is 23.1 Å². The Kier molecular flexibility index (Phi) is 4.93. The van der Waals surface area contributed by atoms with Crippen molar-refractivity contribution in [2.75, 3.05) is 40.4 Å². The normalized spacial score (nSPS) is 10.0. The molecule has 22 heavy (non-hydrogen) atoms. The fraction of sp³-hybridized carbons (Fsp3) is 0.312. The van der Waals surface area contributed by atoms with Crippen LogP contribution in [0.5, 0.6) is 23.1 Å². The standard InChI is InChI=1S/C16H20N2O4/c1-18(11-6-7-15(21-4)17-10-11)12-8-13(19-2)16(22-5)14(9-12)20-3/h6-10H,1-5H3. The zero-order valence-corrected chi connectivity index (χ0v) is 13.4. The molecular formula is C16H20N2O4. The number of rotatable bonds is 6. The van der Waals surface area contributed by atoms with Crippen molar-refractivity contribution in [1.82, 2.24) is 4.98 Å². The van der Waals surface area contributed by atoms with E-state index in [0.717, 1.165) is 11.4 Å². The van der Waals surface area contributed by atoms with E-state index in [0.29, 0.717) is 23.1 Å². The summed E-state index contributed by atoms with van der Waals surface area (Å²) in [5, 5.41) is 0. The average Bonchev–Trinajstić information content (AvgIpc) is 2.59. The smallest absolute Gasteiger partial charge is 0.213 e. The van der Waals surface area contributed by atoms with Crippen LogP contribution in [0.1, 0.15) is 0 Å². The van der Waals surface area contributed by atoms with Crippen LogP contribution < -0.4 is 23.8 Å². The third kappa shape index (κ3) is 3.00. The summed E-state index contributed by atoms with van der Waals surface area (Å²) in [6.07, 6.45) is 1.74. The van der Waals surface area contributed by atoms with E-state index in [2.05, 4.69) is 4.98 Å². The fourth-order valence-electron chi connectivity index (χ4n) is 2.10. The quantitative estimate of drug-likeness (QED) is 0.818. The lowest BCUT2D eigenvalue weighted by Crippen LogP contribution is -2.10. The van der Waals surface area contributed by atoms with Gasteiger partial charge < -0.3 is 23.8 Å². The average molecular weight is 304 g/mol. The molecule has 0 unspecified atom stereocenters. The minimum Gasteiger partial charge on any atom is -0.493 e. The van der Waals surface area contributed by atoms with Gasteiger partial charge in [0.15, 0.2) is 11.5 Å². The van der Waals surface area contributed by atoms with E-state index in [4.69, 9.17) is 18.9 Å². The van der Waals surface area contributed by atoms with Crippen LogP contribution in [0.2, 0.25) is 0 Å². The summed E-state index contributed by atoms with van der Waals surface area (Å²) in [4.78, 5) is 6.18. The lowest BCUT2D eigenvalue weighted by atomic mass is 10.2. The molecule has 2 aromatic rings. The number of methoxy groups -OCH3 is 4. The van der Waals surface area contributed by atoms with Crippen molar-refractivity contribution in [3.63, 3.8) is 0 Å². The Morgan fingerprint density at radius 2 is 1.45 bits per heavy atom. The molecule has 0 saturated heterocycles. The largest absolute Gasteiger partial charge is 0.493 e. The Hall–Kier alpha value is -2.63. The van der Waals surface area contributed by atoms with Gasteiger partial charge in [0, 0.05) is 30.9 Å². The second-order valence-corrected chi connectivity index (χ2v) is 4.50. The number of nitrogens with zero attached hydrogens (tertiary/aromatic N) is 2. The van der Waals surface area contributed by atoms with Gasteiger partial charge in [0.05, 0.1) is 40.3 Å². The predicted octanol–water partition coefficient (Wildman–Crippen LogP) is 2.88. The van der Waals surface area contributed by atoms with Gasteiger partial charge in [-0.25, -0.2) is 4.98 Å². The highest BCUT2D eigenvalue weighted by Crippen LogP contribution is 2.42. The summed E-state index contributed by atoms with van der Waals surface area (Å²) in [6, 6.07) is 7.50. The molecule has 0 amide bonds. The van der Waals surface area contributed by atoms with Crippen LogP contribution in [0.4, 0.5) is 11.4 Å². The maximum Gasteiger partial charge on any atom is 0.213 e. The van der Waals surface area contributed by atoms with E-state index in [1.54, 1.807) is 34.6 Å². The van der Waals surface area contributed by atoms with Crippen LogP contribution in [-0.2, 0) is 0 Å². The Morgan fingerprint density at radius 1 is 0.818 bits per heavy atom. The summed E-state index contributed by atoms with van der Waals surface area (Å²) in [5.74, 6) is 2.34. The van der Waals surface area contributed by atoms with Crippen LogP contribution in [0.3, 0.4) is 0 Å². The van der Waals surface area contributed by atoms with Gasteiger partial charge in [-0.05, 0) is 6.07 Å². The molecule has 0 aliphatic carbocycles. The van der Waals surface area contributed by atoms with Crippen molar-refractivity contribution >= 4 is 11.4 Å². The van der Waals surface area contributed by atoms with E-state index >= 15 is 0 Å². The van der Waals surface area contributed by atoms with E-state index in [-0.39, 0.29) is 0 Å². The molecule has 1 aromatic heterocycles. The molecule has 6 nitrogen and oxygen atoms in total. The molecule has 0 saturated carbocycles. The first kappa shape index (κ1) is 15.8. The van der Waals surface area contributed by atoms with Gasteiger partial charge in [0.2, 0.25) is 11.6 Å². The van der Waals surface area contributed by atoms with Crippen LogP contribution >= 0.6 is 0 Å². The maximum atomic E-state index is 5.37. The van der Waals surface area contributed by atoms with Gasteiger partial charge >= 0.3 is 0 Å². The minimum absolute atomic E-state index is 0.565. The lowest BCUT2D eigenvalue weighted by Gasteiger charge is -2.22. The second-order valence-electron chi connectivity index (χ2n) is 4.50. The van der Waals surface area contributed by atoms with Gasteiger partial charge in [0.1, 0.15) is 0 Å². The Bertz CT molecular complexity index is 604. The number of anilines is 2. The Balaban J connectivity index is 2.41. The highest BCUT2D eigenvalue weighted by atomic mass is 16.5. The Labute approximate surface area is 130 Å². The van der Waals surface area contributed by atoms with Gasteiger partial charge in [-0.2, -0.15) is 0 Å². The number of benzene rings is 1. The molecule has 118 valence electrons. The second kappa shape index (κ2) is 6.89. The van der Waals surface area contributed by atoms with E-state index in [9.17, 15) is 0 Å².